The van der Waals surface area contributed by atoms with Gasteiger partial charge in [0.15, 0.2) is 0 Å². The van der Waals surface area contributed by atoms with Gasteiger partial charge in [0, 0.05) is 13.7 Å². The Bertz CT molecular complexity index is 308. The van der Waals surface area contributed by atoms with Crippen LogP contribution in [0.4, 0.5) is 0 Å². The molecule has 5 heteroatoms. The van der Waals surface area contributed by atoms with Crippen LogP contribution in [0.15, 0.2) is 6.20 Å². The number of nitrogens with zero attached hydrogens (tertiary/aromatic N) is 3. The number of rotatable bonds is 5. The van der Waals surface area contributed by atoms with Crippen molar-refractivity contribution in [2.75, 3.05) is 7.11 Å². The van der Waals surface area contributed by atoms with Crippen molar-refractivity contribution < 1.29 is 4.74 Å². The number of nitrogens with two attached hydrogens (primary N) is 1. The van der Waals surface area contributed by atoms with Gasteiger partial charge < -0.3 is 10.5 Å². The molecule has 0 fully saturated rings. The summed E-state index contributed by atoms with van der Waals surface area (Å²) in [5.74, 6) is 0. The van der Waals surface area contributed by atoms with Crippen molar-refractivity contribution in [2.45, 2.75) is 45.4 Å². The largest absolute Gasteiger partial charge is 0.377 e. The molecular formula is C10H20N4O. The first-order valence-electron chi connectivity index (χ1n) is 5.22. The van der Waals surface area contributed by atoms with Gasteiger partial charge in [-0.2, -0.15) is 0 Å². The maximum atomic E-state index is 6.13. The predicted molar refractivity (Wildman–Crippen MR) is 58.3 cm³/mol. The van der Waals surface area contributed by atoms with Crippen LogP contribution in [0.3, 0.4) is 0 Å². The van der Waals surface area contributed by atoms with E-state index < -0.39 is 5.60 Å². The number of aryl methyl sites for hydroxylation is 1. The number of aromatic nitrogens is 3. The van der Waals surface area contributed by atoms with E-state index in [2.05, 4.69) is 17.2 Å². The zero-order valence-electron chi connectivity index (χ0n) is 9.90. The van der Waals surface area contributed by atoms with Crippen molar-refractivity contribution in [3.8, 4) is 0 Å². The van der Waals surface area contributed by atoms with Crippen molar-refractivity contribution in [1.29, 1.82) is 0 Å². The fourth-order valence-electron chi connectivity index (χ4n) is 1.38. The molecule has 0 amide bonds. The molecule has 5 nitrogen and oxygen atoms in total. The molecule has 1 rings (SSSR count). The molecule has 0 saturated heterocycles. The standard InChI is InChI=1S/C10H20N4O/c1-5-6-14-8(7-12-13-14)9(11)10(2,3)15-4/h7,9H,5-6,11H2,1-4H3. The first-order valence-corrected chi connectivity index (χ1v) is 5.22. The van der Waals surface area contributed by atoms with Crippen LogP contribution in [0.2, 0.25) is 0 Å². The summed E-state index contributed by atoms with van der Waals surface area (Å²) in [7, 11) is 1.66. The second kappa shape index (κ2) is 4.72. The molecule has 1 aromatic rings. The van der Waals surface area contributed by atoms with Crippen molar-refractivity contribution in [3.05, 3.63) is 11.9 Å². The smallest absolute Gasteiger partial charge is 0.0830 e. The normalized spacial score (nSPS) is 14.2. The predicted octanol–water partition coefficient (Wildman–Crippen LogP) is 1.11. The number of methoxy groups -OCH3 is 1. The van der Waals surface area contributed by atoms with E-state index in [4.69, 9.17) is 10.5 Å². The number of hydrogen-bond donors (Lipinski definition) is 1. The van der Waals surface area contributed by atoms with E-state index in [0.29, 0.717) is 0 Å². The van der Waals surface area contributed by atoms with Crippen LogP contribution < -0.4 is 5.73 Å². The van der Waals surface area contributed by atoms with Gasteiger partial charge in [-0.25, -0.2) is 4.68 Å². The fraction of sp³-hybridized carbons (Fsp3) is 0.800. The Kier molecular flexibility index (Phi) is 3.82. The maximum Gasteiger partial charge on any atom is 0.0830 e. The molecule has 1 atom stereocenters. The third-order valence-electron chi connectivity index (χ3n) is 2.68. The molecule has 0 bridgehead atoms. The molecule has 1 unspecified atom stereocenters. The van der Waals surface area contributed by atoms with Crippen LogP contribution >= 0.6 is 0 Å². The van der Waals surface area contributed by atoms with Gasteiger partial charge in [0.25, 0.3) is 0 Å². The molecule has 86 valence electrons. The van der Waals surface area contributed by atoms with Gasteiger partial charge in [0.1, 0.15) is 0 Å². The van der Waals surface area contributed by atoms with E-state index in [1.807, 2.05) is 18.5 Å². The van der Waals surface area contributed by atoms with Gasteiger partial charge in [0.05, 0.1) is 23.5 Å². The highest BCUT2D eigenvalue weighted by Gasteiger charge is 2.30. The summed E-state index contributed by atoms with van der Waals surface area (Å²) >= 11 is 0. The average molecular weight is 212 g/mol. The first kappa shape index (κ1) is 12.1. The Hall–Kier alpha value is -0.940. The van der Waals surface area contributed by atoms with Crippen molar-refractivity contribution in [3.63, 3.8) is 0 Å². The van der Waals surface area contributed by atoms with Crippen LogP contribution in [-0.4, -0.2) is 27.7 Å². The lowest BCUT2D eigenvalue weighted by Gasteiger charge is -2.29. The molecule has 1 heterocycles. The Morgan fingerprint density at radius 2 is 2.27 bits per heavy atom. The minimum Gasteiger partial charge on any atom is -0.377 e. The summed E-state index contributed by atoms with van der Waals surface area (Å²) in [6.07, 6.45) is 2.72. The fourth-order valence-corrected chi connectivity index (χ4v) is 1.38. The molecule has 0 radical (unpaired) electrons. The third kappa shape index (κ3) is 2.54. The second-order valence-corrected chi connectivity index (χ2v) is 4.17. The number of ether oxygens (including phenoxy) is 1. The summed E-state index contributed by atoms with van der Waals surface area (Å²) < 4.78 is 7.20. The Morgan fingerprint density at radius 1 is 1.60 bits per heavy atom. The Balaban J connectivity index is 2.90. The summed E-state index contributed by atoms with van der Waals surface area (Å²) in [5, 5.41) is 7.89. The van der Waals surface area contributed by atoms with Crippen LogP contribution in [0.1, 0.15) is 38.9 Å². The lowest BCUT2D eigenvalue weighted by atomic mass is 9.97. The van der Waals surface area contributed by atoms with Gasteiger partial charge in [-0.1, -0.05) is 12.1 Å². The van der Waals surface area contributed by atoms with E-state index >= 15 is 0 Å². The molecular weight excluding hydrogens is 192 g/mol. The highest BCUT2D eigenvalue weighted by Crippen LogP contribution is 2.25. The molecule has 1 aromatic heterocycles. The van der Waals surface area contributed by atoms with Gasteiger partial charge in [0.2, 0.25) is 0 Å². The van der Waals surface area contributed by atoms with Gasteiger partial charge >= 0.3 is 0 Å². The molecule has 0 aromatic carbocycles. The van der Waals surface area contributed by atoms with Crippen LogP contribution in [0, 0.1) is 0 Å². The van der Waals surface area contributed by atoms with E-state index in [1.165, 1.54) is 0 Å². The zero-order valence-corrected chi connectivity index (χ0v) is 9.90. The van der Waals surface area contributed by atoms with E-state index in [9.17, 15) is 0 Å². The third-order valence-corrected chi connectivity index (χ3v) is 2.68. The van der Waals surface area contributed by atoms with Crippen molar-refractivity contribution in [1.82, 2.24) is 15.0 Å². The number of hydrogen-bond acceptors (Lipinski definition) is 4. The Labute approximate surface area is 90.6 Å². The van der Waals surface area contributed by atoms with Gasteiger partial charge in [-0.3, -0.25) is 0 Å². The highest BCUT2D eigenvalue weighted by molar-refractivity contribution is 5.07. The van der Waals surface area contributed by atoms with E-state index in [-0.39, 0.29) is 6.04 Å². The zero-order chi connectivity index (χ0) is 11.5. The molecule has 15 heavy (non-hydrogen) atoms. The first-order chi connectivity index (χ1) is 7.03. The molecule has 0 aliphatic heterocycles. The SMILES string of the molecule is CCCn1nncc1C(N)C(C)(C)OC. The molecule has 2 N–H and O–H groups in total. The quantitative estimate of drug-likeness (QED) is 0.794. The van der Waals surface area contributed by atoms with E-state index in [1.54, 1.807) is 13.3 Å². The lowest BCUT2D eigenvalue weighted by Crippen LogP contribution is -2.38. The summed E-state index contributed by atoms with van der Waals surface area (Å²) in [4.78, 5) is 0. The summed E-state index contributed by atoms with van der Waals surface area (Å²) in [5.41, 5.74) is 6.64. The second-order valence-electron chi connectivity index (χ2n) is 4.17. The van der Waals surface area contributed by atoms with Gasteiger partial charge in [-0.15, -0.1) is 5.10 Å². The van der Waals surface area contributed by atoms with Crippen LogP contribution in [-0.2, 0) is 11.3 Å². The summed E-state index contributed by atoms with van der Waals surface area (Å²) in [6.45, 7) is 6.85. The highest BCUT2D eigenvalue weighted by atomic mass is 16.5. The minimum absolute atomic E-state index is 0.218. The molecule has 0 aliphatic carbocycles. The van der Waals surface area contributed by atoms with Crippen molar-refractivity contribution >= 4 is 0 Å². The topological polar surface area (TPSA) is 66.0 Å². The summed E-state index contributed by atoms with van der Waals surface area (Å²) in [6, 6.07) is -0.218. The average Bonchev–Trinajstić information content (AvgIpc) is 2.65. The lowest BCUT2D eigenvalue weighted by molar-refractivity contribution is -0.00225. The maximum absolute atomic E-state index is 6.13. The monoisotopic (exact) mass is 212 g/mol. The van der Waals surface area contributed by atoms with Crippen LogP contribution in [0.5, 0.6) is 0 Å². The molecule has 0 saturated carbocycles. The van der Waals surface area contributed by atoms with Gasteiger partial charge in [-0.05, 0) is 20.3 Å². The minimum atomic E-state index is -0.410. The van der Waals surface area contributed by atoms with E-state index in [0.717, 1.165) is 18.7 Å². The molecule has 0 aliphatic rings. The molecule has 0 spiro atoms. The Morgan fingerprint density at radius 3 is 2.80 bits per heavy atom. The van der Waals surface area contributed by atoms with Crippen molar-refractivity contribution in [2.24, 2.45) is 5.73 Å². The van der Waals surface area contributed by atoms with Crippen LogP contribution in [0.25, 0.3) is 0 Å².